The quantitative estimate of drug-likeness (QED) is 0.850. The van der Waals surface area contributed by atoms with Crippen LogP contribution in [-0.2, 0) is 9.59 Å². The van der Waals surface area contributed by atoms with Crippen LogP contribution in [0.15, 0.2) is 53.4 Å². The van der Waals surface area contributed by atoms with Crippen molar-refractivity contribution in [3.8, 4) is 6.07 Å². The first-order valence-corrected chi connectivity index (χ1v) is 8.26. The van der Waals surface area contributed by atoms with Gasteiger partial charge in [-0.1, -0.05) is 24.3 Å². The van der Waals surface area contributed by atoms with Gasteiger partial charge in [0.05, 0.1) is 22.1 Å². The molecule has 1 heterocycles. The van der Waals surface area contributed by atoms with Crippen LogP contribution in [0.4, 0.5) is 5.69 Å². The van der Waals surface area contributed by atoms with Crippen molar-refractivity contribution in [2.24, 2.45) is 0 Å². The van der Waals surface area contributed by atoms with Gasteiger partial charge in [0.25, 0.3) is 0 Å². The van der Waals surface area contributed by atoms with Crippen LogP contribution in [0, 0.1) is 11.3 Å². The standard InChI is InChI=1S/C18H12N2O4S/c19-10-11-5-1-3-7-13(11)20-16(21)9-15(17(20)22)25-14-8-4-2-6-12(14)18(23)24/h1-8,15H,9H2,(H,23,24). The smallest absolute Gasteiger partial charge is 0.336 e. The van der Waals surface area contributed by atoms with Gasteiger partial charge in [-0.2, -0.15) is 5.26 Å². The summed E-state index contributed by atoms with van der Waals surface area (Å²) < 4.78 is 0. The van der Waals surface area contributed by atoms with E-state index in [1.165, 1.54) is 12.1 Å². The van der Waals surface area contributed by atoms with E-state index in [-0.39, 0.29) is 23.2 Å². The number of carbonyl (C=O) groups is 3. The summed E-state index contributed by atoms with van der Waals surface area (Å²) in [4.78, 5) is 37.8. The van der Waals surface area contributed by atoms with E-state index in [4.69, 9.17) is 0 Å². The highest BCUT2D eigenvalue weighted by atomic mass is 32.2. The minimum atomic E-state index is -1.09. The molecule has 0 saturated carbocycles. The Morgan fingerprint density at radius 3 is 2.56 bits per heavy atom. The van der Waals surface area contributed by atoms with Gasteiger partial charge in [-0.15, -0.1) is 11.8 Å². The zero-order chi connectivity index (χ0) is 18.0. The zero-order valence-corrected chi connectivity index (χ0v) is 13.7. The molecule has 0 aliphatic carbocycles. The van der Waals surface area contributed by atoms with E-state index in [0.29, 0.717) is 4.90 Å². The van der Waals surface area contributed by atoms with Crippen LogP contribution < -0.4 is 4.90 Å². The number of benzene rings is 2. The number of aromatic carboxylic acids is 1. The van der Waals surface area contributed by atoms with E-state index in [0.717, 1.165) is 16.7 Å². The molecular formula is C18H12N2O4S. The van der Waals surface area contributed by atoms with E-state index < -0.39 is 23.0 Å². The molecule has 0 radical (unpaired) electrons. The Morgan fingerprint density at radius 1 is 1.16 bits per heavy atom. The molecule has 1 aliphatic heterocycles. The Labute approximate surface area is 147 Å². The lowest BCUT2D eigenvalue weighted by atomic mass is 10.2. The summed E-state index contributed by atoms with van der Waals surface area (Å²) in [5.41, 5.74) is 0.582. The molecule has 1 atom stereocenters. The van der Waals surface area contributed by atoms with Crippen molar-refractivity contribution >= 4 is 35.2 Å². The molecule has 7 heteroatoms. The third kappa shape index (κ3) is 3.12. The summed E-state index contributed by atoms with van der Waals surface area (Å²) in [7, 11) is 0. The van der Waals surface area contributed by atoms with Gasteiger partial charge in [0.1, 0.15) is 6.07 Å². The Kier molecular flexibility index (Phi) is 4.55. The number of para-hydroxylation sites is 1. The number of anilines is 1. The zero-order valence-electron chi connectivity index (χ0n) is 12.9. The SMILES string of the molecule is N#Cc1ccccc1N1C(=O)CC(Sc2ccccc2C(=O)O)C1=O. The average molecular weight is 352 g/mol. The fraction of sp³-hybridized carbons (Fsp3) is 0.111. The third-order valence-electron chi connectivity index (χ3n) is 3.76. The highest BCUT2D eigenvalue weighted by molar-refractivity contribution is 8.00. The lowest BCUT2D eigenvalue weighted by Gasteiger charge is -2.16. The van der Waals surface area contributed by atoms with Crippen molar-refractivity contribution in [2.45, 2.75) is 16.6 Å². The molecule has 3 rings (SSSR count). The van der Waals surface area contributed by atoms with Gasteiger partial charge in [0.15, 0.2) is 0 Å². The number of nitriles is 1. The van der Waals surface area contributed by atoms with Crippen LogP contribution in [0.3, 0.4) is 0 Å². The Balaban J connectivity index is 1.90. The number of carboxylic acids is 1. The van der Waals surface area contributed by atoms with Crippen LogP contribution in [0.25, 0.3) is 0 Å². The number of nitrogens with zero attached hydrogens (tertiary/aromatic N) is 2. The summed E-state index contributed by atoms with van der Waals surface area (Å²) in [6.07, 6.45) is -0.0444. The van der Waals surface area contributed by atoms with Gasteiger partial charge in [0, 0.05) is 11.3 Å². The molecule has 6 nitrogen and oxygen atoms in total. The van der Waals surface area contributed by atoms with Crippen molar-refractivity contribution in [3.05, 3.63) is 59.7 Å². The van der Waals surface area contributed by atoms with Gasteiger partial charge >= 0.3 is 5.97 Å². The third-order valence-corrected chi connectivity index (χ3v) is 5.02. The van der Waals surface area contributed by atoms with Crippen LogP contribution >= 0.6 is 11.8 Å². The van der Waals surface area contributed by atoms with Gasteiger partial charge in [-0.3, -0.25) is 9.59 Å². The predicted molar refractivity (Wildman–Crippen MR) is 91.3 cm³/mol. The predicted octanol–water partition coefficient (Wildman–Crippen LogP) is 2.68. The monoisotopic (exact) mass is 352 g/mol. The number of thioether (sulfide) groups is 1. The molecule has 0 bridgehead atoms. The van der Waals surface area contributed by atoms with Crippen molar-refractivity contribution in [1.29, 1.82) is 5.26 Å². The normalized spacial score (nSPS) is 16.8. The van der Waals surface area contributed by atoms with E-state index >= 15 is 0 Å². The van der Waals surface area contributed by atoms with Crippen LogP contribution in [-0.4, -0.2) is 28.1 Å². The first kappa shape index (κ1) is 16.7. The fourth-order valence-electron chi connectivity index (χ4n) is 2.61. The van der Waals surface area contributed by atoms with Gasteiger partial charge < -0.3 is 5.11 Å². The molecule has 1 unspecified atom stereocenters. The Bertz CT molecular complexity index is 919. The van der Waals surface area contributed by atoms with Crippen molar-refractivity contribution in [2.75, 3.05) is 4.90 Å². The molecule has 1 fully saturated rings. The van der Waals surface area contributed by atoms with Crippen molar-refractivity contribution < 1.29 is 19.5 Å². The highest BCUT2D eigenvalue weighted by Gasteiger charge is 2.41. The second kappa shape index (κ2) is 6.79. The minimum absolute atomic E-state index is 0.0444. The summed E-state index contributed by atoms with van der Waals surface area (Å²) in [6, 6.07) is 14.7. The second-order valence-electron chi connectivity index (χ2n) is 5.31. The minimum Gasteiger partial charge on any atom is -0.478 e. The van der Waals surface area contributed by atoms with E-state index in [2.05, 4.69) is 0 Å². The van der Waals surface area contributed by atoms with Crippen LogP contribution in [0.1, 0.15) is 22.3 Å². The lowest BCUT2D eigenvalue weighted by molar-refractivity contribution is -0.121. The molecule has 1 aliphatic rings. The van der Waals surface area contributed by atoms with Crippen molar-refractivity contribution in [3.63, 3.8) is 0 Å². The molecule has 0 aromatic heterocycles. The maximum atomic E-state index is 12.7. The summed E-state index contributed by atoms with van der Waals surface area (Å²) >= 11 is 1.05. The molecule has 2 amide bonds. The molecule has 2 aromatic rings. The lowest BCUT2D eigenvalue weighted by Crippen LogP contribution is -2.31. The van der Waals surface area contributed by atoms with Crippen molar-refractivity contribution in [1.82, 2.24) is 0 Å². The number of amides is 2. The summed E-state index contributed by atoms with van der Waals surface area (Å²) in [6.45, 7) is 0. The fourth-order valence-corrected chi connectivity index (χ4v) is 3.79. The van der Waals surface area contributed by atoms with E-state index in [9.17, 15) is 24.8 Å². The number of carbonyl (C=O) groups excluding carboxylic acids is 2. The molecule has 0 spiro atoms. The topological polar surface area (TPSA) is 98.5 Å². The average Bonchev–Trinajstić information content (AvgIpc) is 2.88. The summed E-state index contributed by atoms with van der Waals surface area (Å²) in [5, 5.41) is 17.7. The number of rotatable bonds is 4. The molecule has 2 aromatic carbocycles. The summed E-state index contributed by atoms with van der Waals surface area (Å²) in [5.74, 6) is -1.94. The molecule has 1 N–H and O–H groups in total. The molecule has 25 heavy (non-hydrogen) atoms. The Morgan fingerprint density at radius 2 is 1.84 bits per heavy atom. The van der Waals surface area contributed by atoms with Gasteiger partial charge in [-0.05, 0) is 24.3 Å². The van der Waals surface area contributed by atoms with Crippen LogP contribution in [0.2, 0.25) is 0 Å². The maximum absolute atomic E-state index is 12.7. The largest absolute Gasteiger partial charge is 0.478 e. The highest BCUT2D eigenvalue weighted by Crippen LogP contribution is 2.36. The number of imide groups is 1. The van der Waals surface area contributed by atoms with E-state index in [1.54, 1.807) is 36.4 Å². The second-order valence-corrected chi connectivity index (χ2v) is 6.55. The molecular weight excluding hydrogens is 340 g/mol. The first-order chi connectivity index (χ1) is 12.0. The van der Waals surface area contributed by atoms with Crippen LogP contribution in [0.5, 0.6) is 0 Å². The Hall–Kier alpha value is -3.11. The maximum Gasteiger partial charge on any atom is 0.336 e. The number of hydrogen-bond donors (Lipinski definition) is 1. The van der Waals surface area contributed by atoms with Gasteiger partial charge in [0.2, 0.25) is 11.8 Å². The first-order valence-electron chi connectivity index (χ1n) is 7.38. The van der Waals surface area contributed by atoms with E-state index in [1.807, 2.05) is 6.07 Å². The van der Waals surface area contributed by atoms with Gasteiger partial charge in [-0.25, -0.2) is 9.69 Å². The molecule has 1 saturated heterocycles. The number of hydrogen-bond acceptors (Lipinski definition) is 5. The molecule has 124 valence electrons. The number of carboxylic acid groups (broad SMARTS) is 1.